The highest BCUT2D eigenvalue weighted by Gasteiger charge is 2.13. The van der Waals surface area contributed by atoms with Gasteiger partial charge in [-0.3, -0.25) is 25.0 Å². The van der Waals surface area contributed by atoms with Crippen LogP contribution in [0.1, 0.15) is 5.56 Å². The Morgan fingerprint density at radius 1 is 0.964 bits per heavy atom. The first-order valence-corrected chi connectivity index (χ1v) is 7.84. The van der Waals surface area contributed by atoms with Crippen molar-refractivity contribution in [3.63, 3.8) is 0 Å². The second kappa shape index (κ2) is 9.07. The van der Waals surface area contributed by atoms with E-state index in [9.17, 15) is 29.8 Å². The van der Waals surface area contributed by atoms with Crippen LogP contribution in [0.2, 0.25) is 0 Å². The first kappa shape index (κ1) is 20.3. The molecule has 1 N–H and O–H groups in total. The van der Waals surface area contributed by atoms with Gasteiger partial charge in [-0.25, -0.2) is 4.79 Å². The van der Waals surface area contributed by atoms with Crippen molar-refractivity contribution in [2.75, 3.05) is 18.5 Å². The number of amides is 1. The average molecular weight is 389 g/mol. The van der Waals surface area contributed by atoms with Crippen LogP contribution < -0.4 is 10.1 Å². The molecule has 0 bridgehead atoms. The molecule has 0 aromatic heterocycles. The van der Waals surface area contributed by atoms with Gasteiger partial charge in [-0.1, -0.05) is 0 Å². The number of esters is 1. The minimum atomic E-state index is -0.811. The molecule has 0 aliphatic carbocycles. The zero-order valence-corrected chi connectivity index (χ0v) is 14.6. The van der Waals surface area contributed by atoms with Gasteiger partial charge in [0.15, 0.2) is 13.2 Å². The molecule has 0 unspecified atom stereocenters. The van der Waals surface area contributed by atoms with Gasteiger partial charge in [-0.2, -0.15) is 0 Å². The fraction of sp³-hybridized carbons (Fsp3) is 0.176. The smallest absolute Gasteiger partial charge is 0.344 e. The van der Waals surface area contributed by atoms with Crippen molar-refractivity contribution >= 4 is 28.9 Å². The Kier molecular flexibility index (Phi) is 6.58. The van der Waals surface area contributed by atoms with E-state index in [0.717, 1.165) is 0 Å². The number of benzene rings is 2. The lowest BCUT2D eigenvalue weighted by Crippen LogP contribution is -2.24. The maximum Gasteiger partial charge on any atom is 0.344 e. The van der Waals surface area contributed by atoms with Crippen LogP contribution in [0.25, 0.3) is 0 Å². The van der Waals surface area contributed by atoms with Gasteiger partial charge < -0.3 is 14.8 Å². The van der Waals surface area contributed by atoms with Gasteiger partial charge in [0.25, 0.3) is 17.3 Å². The zero-order valence-electron chi connectivity index (χ0n) is 14.6. The van der Waals surface area contributed by atoms with Crippen LogP contribution in [-0.2, 0) is 14.3 Å². The van der Waals surface area contributed by atoms with Gasteiger partial charge in [0, 0.05) is 30.0 Å². The third-order valence-corrected chi connectivity index (χ3v) is 3.46. The van der Waals surface area contributed by atoms with Crippen LogP contribution >= 0.6 is 0 Å². The standard InChI is InChI=1S/C17H15N3O8/c1-11-8-13(20(25)26)4-7-15(11)18-16(21)9-28-17(22)10-27-14-5-2-12(3-6-14)19(23)24/h2-8H,9-10H2,1H3,(H,18,21). The van der Waals surface area contributed by atoms with Crippen LogP contribution in [0.15, 0.2) is 42.5 Å². The van der Waals surface area contributed by atoms with Crippen LogP contribution in [0.3, 0.4) is 0 Å². The molecule has 0 aliphatic heterocycles. The van der Waals surface area contributed by atoms with Crippen molar-refractivity contribution in [2.24, 2.45) is 0 Å². The molecule has 146 valence electrons. The van der Waals surface area contributed by atoms with Crippen LogP contribution in [-0.4, -0.2) is 34.9 Å². The molecule has 28 heavy (non-hydrogen) atoms. The van der Waals surface area contributed by atoms with E-state index in [-0.39, 0.29) is 17.1 Å². The number of rotatable bonds is 8. The van der Waals surface area contributed by atoms with Gasteiger partial charge in [-0.05, 0) is 30.7 Å². The summed E-state index contributed by atoms with van der Waals surface area (Å²) in [6.45, 7) is 0.535. The highest BCUT2D eigenvalue weighted by atomic mass is 16.6. The first-order valence-electron chi connectivity index (χ1n) is 7.84. The lowest BCUT2D eigenvalue weighted by molar-refractivity contribution is -0.385. The summed E-state index contributed by atoms with van der Waals surface area (Å²) in [5.74, 6) is -1.21. The number of hydrogen-bond donors (Lipinski definition) is 1. The van der Waals surface area contributed by atoms with Crippen molar-refractivity contribution in [2.45, 2.75) is 6.92 Å². The molecule has 0 heterocycles. The monoisotopic (exact) mass is 389 g/mol. The normalized spacial score (nSPS) is 10.0. The number of nitrogens with zero attached hydrogens (tertiary/aromatic N) is 2. The third kappa shape index (κ3) is 5.76. The number of carbonyl (C=O) groups excluding carboxylic acids is 2. The number of non-ortho nitro benzene ring substituents is 2. The predicted octanol–water partition coefficient (Wildman–Crippen LogP) is 2.37. The van der Waals surface area contributed by atoms with E-state index < -0.39 is 34.9 Å². The van der Waals surface area contributed by atoms with Crippen LogP contribution in [0.5, 0.6) is 5.75 Å². The summed E-state index contributed by atoms with van der Waals surface area (Å²) in [6, 6.07) is 9.03. The van der Waals surface area contributed by atoms with E-state index in [1.165, 1.54) is 42.5 Å². The molecule has 0 aliphatic rings. The third-order valence-electron chi connectivity index (χ3n) is 3.46. The van der Waals surface area contributed by atoms with Gasteiger partial charge in [0.1, 0.15) is 5.75 Å². The number of nitro groups is 2. The van der Waals surface area contributed by atoms with Crippen molar-refractivity contribution in [1.82, 2.24) is 0 Å². The summed E-state index contributed by atoms with van der Waals surface area (Å²) in [7, 11) is 0. The first-order chi connectivity index (χ1) is 13.3. The van der Waals surface area contributed by atoms with E-state index in [1.54, 1.807) is 6.92 Å². The number of aryl methyl sites for hydroxylation is 1. The second-order valence-corrected chi connectivity index (χ2v) is 5.50. The minimum Gasteiger partial charge on any atom is -0.482 e. The van der Waals surface area contributed by atoms with E-state index in [2.05, 4.69) is 5.32 Å². The van der Waals surface area contributed by atoms with Crippen LogP contribution in [0.4, 0.5) is 17.1 Å². The fourth-order valence-electron chi connectivity index (χ4n) is 2.08. The summed E-state index contributed by atoms with van der Waals surface area (Å²) < 4.78 is 9.88. The highest BCUT2D eigenvalue weighted by Crippen LogP contribution is 2.21. The maximum absolute atomic E-state index is 11.8. The second-order valence-electron chi connectivity index (χ2n) is 5.50. The van der Waals surface area contributed by atoms with E-state index in [4.69, 9.17) is 9.47 Å². The summed E-state index contributed by atoms with van der Waals surface area (Å²) in [5, 5.41) is 23.7. The molecule has 11 heteroatoms. The average Bonchev–Trinajstić information content (AvgIpc) is 2.66. The number of nitro benzene ring substituents is 2. The van der Waals surface area contributed by atoms with E-state index in [0.29, 0.717) is 11.3 Å². The number of anilines is 1. The number of ether oxygens (including phenoxy) is 2. The fourth-order valence-corrected chi connectivity index (χ4v) is 2.08. The molecule has 0 spiro atoms. The Morgan fingerprint density at radius 3 is 2.14 bits per heavy atom. The van der Waals surface area contributed by atoms with Crippen molar-refractivity contribution < 1.29 is 28.9 Å². The summed E-state index contributed by atoms with van der Waals surface area (Å²) in [5.41, 5.74) is 0.614. The minimum absolute atomic E-state index is 0.106. The molecule has 2 aromatic rings. The van der Waals surface area contributed by atoms with E-state index in [1.807, 2.05) is 0 Å². The topological polar surface area (TPSA) is 151 Å². The van der Waals surface area contributed by atoms with Gasteiger partial charge >= 0.3 is 5.97 Å². The number of carbonyl (C=O) groups is 2. The lowest BCUT2D eigenvalue weighted by atomic mass is 10.2. The summed E-state index contributed by atoms with van der Waals surface area (Å²) >= 11 is 0. The van der Waals surface area contributed by atoms with Crippen molar-refractivity contribution in [3.05, 3.63) is 68.3 Å². The largest absolute Gasteiger partial charge is 0.482 e. The van der Waals surface area contributed by atoms with Gasteiger partial charge in [0.2, 0.25) is 0 Å². The molecule has 0 saturated heterocycles. The quantitative estimate of drug-likeness (QED) is 0.410. The van der Waals surface area contributed by atoms with Crippen molar-refractivity contribution in [3.8, 4) is 5.75 Å². The number of nitrogens with one attached hydrogen (secondary N) is 1. The molecule has 11 nitrogen and oxygen atoms in total. The Balaban J connectivity index is 1.78. The summed E-state index contributed by atoms with van der Waals surface area (Å²) in [6.07, 6.45) is 0. The molecule has 0 radical (unpaired) electrons. The Labute approximate surface area is 158 Å². The molecule has 2 aromatic carbocycles. The van der Waals surface area contributed by atoms with E-state index >= 15 is 0 Å². The Hall–Kier alpha value is -4.02. The molecule has 2 rings (SSSR count). The SMILES string of the molecule is Cc1cc([N+](=O)[O-])ccc1NC(=O)COC(=O)COc1ccc([N+](=O)[O-])cc1. The molecular weight excluding hydrogens is 374 g/mol. The molecule has 0 saturated carbocycles. The molecule has 0 atom stereocenters. The summed E-state index contributed by atoms with van der Waals surface area (Å²) in [4.78, 5) is 43.6. The lowest BCUT2D eigenvalue weighted by Gasteiger charge is -2.09. The Bertz CT molecular complexity index is 911. The van der Waals surface area contributed by atoms with Gasteiger partial charge in [-0.15, -0.1) is 0 Å². The molecular formula is C17H15N3O8. The predicted molar refractivity (Wildman–Crippen MR) is 96.0 cm³/mol. The molecule has 0 fully saturated rings. The highest BCUT2D eigenvalue weighted by molar-refractivity contribution is 5.93. The van der Waals surface area contributed by atoms with Crippen LogP contribution in [0, 0.1) is 27.2 Å². The maximum atomic E-state index is 11.8. The number of hydrogen-bond acceptors (Lipinski definition) is 8. The zero-order chi connectivity index (χ0) is 20.7. The van der Waals surface area contributed by atoms with Gasteiger partial charge in [0.05, 0.1) is 9.85 Å². The molecule has 1 amide bonds. The Morgan fingerprint density at radius 2 is 1.57 bits per heavy atom. The van der Waals surface area contributed by atoms with Crippen molar-refractivity contribution in [1.29, 1.82) is 0 Å².